The molecule has 1 saturated heterocycles. The van der Waals surface area contributed by atoms with Crippen LogP contribution in [0.25, 0.3) is 0 Å². The van der Waals surface area contributed by atoms with Crippen LogP contribution in [0.15, 0.2) is 0 Å². The molecule has 3 saturated carbocycles. The highest BCUT2D eigenvalue weighted by molar-refractivity contribution is 5.86. The lowest BCUT2D eigenvalue weighted by molar-refractivity contribution is -0.158. The van der Waals surface area contributed by atoms with E-state index in [0.717, 1.165) is 32.2 Å². The van der Waals surface area contributed by atoms with Crippen molar-refractivity contribution < 1.29 is 19.1 Å². The first-order valence-corrected chi connectivity index (χ1v) is 10.8. The molecule has 0 unspecified atom stereocenters. The summed E-state index contributed by atoms with van der Waals surface area (Å²) >= 11 is 0. The van der Waals surface area contributed by atoms with Gasteiger partial charge < -0.3 is 19.9 Å². The van der Waals surface area contributed by atoms with Gasteiger partial charge in [-0.1, -0.05) is 12.8 Å². The van der Waals surface area contributed by atoms with Crippen molar-refractivity contribution >= 4 is 17.7 Å². The first-order chi connectivity index (χ1) is 13.4. The number of fused-ring (bicyclic) bond motifs is 2. The van der Waals surface area contributed by atoms with Gasteiger partial charge in [0.1, 0.15) is 6.61 Å². The molecular formula is C21H33N3O4. The number of hydrogen-bond acceptors (Lipinski definition) is 4. The molecule has 4 rings (SSSR count). The Morgan fingerprint density at radius 3 is 2.46 bits per heavy atom. The maximum absolute atomic E-state index is 13.5. The zero-order valence-corrected chi connectivity index (χ0v) is 17.1. The maximum Gasteiger partial charge on any atom is 0.248 e. The van der Waals surface area contributed by atoms with E-state index in [1.54, 1.807) is 7.05 Å². The number of carbonyl (C=O) groups is 3. The normalized spacial score (nSPS) is 30.5. The molecule has 1 aliphatic heterocycles. The molecule has 2 bridgehead atoms. The molecule has 3 amide bonds. The summed E-state index contributed by atoms with van der Waals surface area (Å²) in [5.41, 5.74) is -0.0932. The quantitative estimate of drug-likeness (QED) is 0.707. The van der Waals surface area contributed by atoms with E-state index in [0.29, 0.717) is 17.7 Å². The molecule has 28 heavy (non-hydrogen) atoms. The molecule has 7 nitrogen and oxygen atoms in total. The lowest BCUT2D eigenvalue weighted by Gasteiger charge is -2.53. The number of likely N-dealkylation sites (tertiary alicyclic amines) is 1. The molecule has 4 aliphatic rings. The van der Waals surface area contributed by atoms with Crippen molar-refractivity contribution in [1.82, 2.24) is 15.1 Å². The Morgan fingerprint density at radius 2 is 1.93 bits per heavy atom. The van der Waals surface area contributed by atoms with E-state index >= 15 is 0 Å². The molecule has 0 aromatic heterocycles. The Balaban J connectivity index is 1.35. The summed E-state index contributed by atoms with van der Waals surface area (Å²) in [6, 6.07) is 0.138. The molecule has 0 radical (unpaired) electrons. The van der Waals surface area contributed by atoms with Gasteiger partial charge in [0.2, 0.25) is 17.7 Å². The van der Waals surface area contributed by atoms with Crippen LogP contribution in [0.2, 0.25) is 0 Å². The Hall–Kier alpha value is -1.63. The van der Waals surface area contributed by atoms with Gasteiger partial charge in [0.15, 0.2) is 0 Å². The largest absolute Gasteiger partial charge is 0.375 e. The second-order valence-corrected chi connectivity index (χ2v) is 9.36. The molecule has 0 spiro atoms. The Morgan fingerprint density at radius 1 is 1.18 bits per heavy atom. The molecule has 156 valence electrons. The molecule has 3 aliphatic carbocycles. The van der Waals surface area contributed by atoms with Crippen molar-refractivity contribution in [1.29, 1.82) is 0 Å². The molecule has 7 heteroatoms. The van der Waals surface area contributed by atoms with Gasteiger partial charge in [0.05, 0.1) is 18.0 Å². The SMILES string of the molecule is COCC(=O)N(C)CC(=O)N[C@@H]1C[C@@H]2C[C@H]1N(C(=O)C1(C3CCC3)CCC1)C2. The number of ether oxygens (including phenoxy) is 1. The molecule has 1 N–H and O–H groups in total. The van der Waals surface area contributed by atoms with E-state index in [2.05, 4.69) is 10.2 Å². The fourth-order valence-electron chi connectivity index (χ4n) is 5.80. The smallest absolute Gasteiger partial charge is 0.248 e. The van der Waals surface area contributed by atoms with Crippen LogP contribution in [0.3, 0.4) is 0 Å². The summed E-state index contributed by atoms with van der Waals surface area (Å²) < 4.78 is 4.83. The molecule has 4 fully saturated rings. The van der Waals surface area contributed by atoms with Crippen LogP contribution in [0.4, 0.5) is 0 Å². The Kier molecular flexibility index (Phi) is 5.38. The van der Waals surface area contributed by atoms with Gasteiger partial charge in [0, 0.05) is 26.7 Å². The van der Waals surface area contributed by atoms with E-state index in [-0.39, 0.29) is 42.5 Å². The average molecular weight is 392 g/mol. The molecule has 0 aromatic rings. The summed E-state index contributed by atoms with van der Waals surface area (Å²) in [6.45, 7) is 0.857. The number of piperidine rings is 1. The fraction of sp³-hybridized carbons (Fsp3) is 0.857. The van der Waals surface area contributed by atoms with Crippen molar-refractivity contribution in [3.05, 3.63) is 0 Å². The molecular weight excluding hydrogens is 358 g/mol. The number of amides is 3. The van der Waals surface area contributed by atoms with Crippen molar-refractivity contribution in [3.63, 3.8) is 0 Å². The molecule has 1 heterocycles. The highest BCUT2D eigenvalue weighted by Gasteiger charge is 2.57. The predicted molar refractivity (Wildman–Crippen MR) is 103 cm³/mol. The predicted octanol–water partition coefficient (Wildman–Crippen LogP) is 1.17. The van der Waals surface area contributed by atoms with Crippen LogP contribution in [0.5, 0.6) is 0 Å². The van der Waals surface area contributed by atoms with Crippen LogP contribution >= 0.6 is 0 Å². The number of nitrogens with one attached hydrogen (secondary N) is 1. The standard InChI is InChI=1S/C21H33N3O4/c1-23(19(26)13-28-2)12-18(25)22-16-9-14-10-17(16)24(11-14)20(27)21(7-4-8-21)15-5-3-6-15/h14-17H,3-13H2,1-2H3,(H,22,25)/t14-,16-,17-/m1/s1. The zero-order chi connectivity index (χ0) is 19.9. The van der Waals surface area contributed by atoms with Crippen LogP contribution in [-0.4, -0.2) is 73.5 Å². The van der Waals surface area contributed by atoms with Crippen LogP contribution in [-0.2, 0) is 19.1 Å². The second-order valence-electron chi connectivity index (χ2n) is 9.36. The monoisotopic (exact) mass is 391 g/mol. The zero-order valence-electron chi connectivity index (χ0n) is 17.1. The summed E-state index contributed by atoms with van der Waals surface area (Å²) in [6.07, 6.45) is 8.88. The van der Waals surface area contributed by atoms with Gasteiger partial charge in [-0.25, -0.2) is 0 Å². The third kappa shape index (κ3) is 3.31. The Bertz CT molecular complexity index is 644. The van der Waals surface area contributed by atoms with E-state index in [4.69, 9.17) is 4.74 Å². The van der Waals surface area contributed by atoms with Crippen LogP contribution in [0, 0.1) is 17.3 Å². The summed E-state index contributed by atoms with van der Waals surface area (Å²) in [4.78, 5) is 41.2. The number of likely N-dealkylation sites (N-methyl/N-ethyl adjacent to an activating group) is 1. The van der Waals surface area contributed by atoms with Crippen molar-refractivity contribution in [2.45, 2.75) is 63.5 Å². The molecule has 3 atom stereocenters. The fourth-order valence-corrected chi connectivity index (χ4v) is 5.80. The number of nitrogens with zero attached hydrogens (tertiary/aromatic N) is 2. The van der Waals surface area contributed by atoms with Gasteiger partial charge in [-0.05, 0) is 50.4 Å². The molecule has 0 aromatic carbocycles. The van der Waals surface area contributed by atoms with Gasteiger partial charge in [-0.15, -0.1) is 0 Å². The summed E-state index contributed by atoms with van der Waals surface area (Å²) in [5.74, 6) is 1.07. The van der Waals surface area contributed by atoms with Crippen molar-refractivity contribution in [2.75, 3.05) is 33.9 Å². The number of methoxy groups -OCH3 is 1. The van der Waals surface area contributed by atoms with E-state index in [9.17, 15) is 14.4 Å². The summed E-state index contributed by atoms with van der Waals surface area (Å²) in [5, 5.41) is 3.10. The van der Waals surface area contributed by atoms with Crippen LogP contribution < -0.4 is 5.32 Å². The van der Waals surface area contributed by atoms with E-state index < -0.39 is 0 Å². The first kappa shape index (κ1) is 19.7. The lowest BCUT2D eigenvalue weighted by atomic mass is 9.54. The summed E-state index contributed by atoms with van der Waals surface area (Å²) in [7, 11) is 3.07. The first-order valence-electron chi connectivity index (χ1n) is 10.8. The third-order valence-electron chi connectivity index (χ3n) is 7.72. The number of hydrogen-bond donors (Lipinski definition) is 1. The van der Waals surface area contributed by atoms with E-state index in [1.165, 1.54) is 37.7 Å². The minimum atomic E-state index is -0.213. The minimum Gasteiger partial charge on any atom is -0.375 e. The topological polar surface area (TPSA) is 79.0 Å². The van der Waals surface area contributed by atoms with E-state index in [1.807, 2.05) is 0 Å². The van der Waals surface area contributed by atoms with Crippen LogP contribution in [0.1, 0.15) is 51.4 Å². The minimum absolute atomic E-state index is 0.0136. The maximum atomic E-state index is 13.5. The third-order valence-corrected chi connectivity index (χ3v) is 7.72. The highest BCUT2D eigenvalue weighted by atomic mass is 16.5. The Labute approximate surface area is 167 Å². The van der Waals surface area contributed by atoms with Crippen molar-refractivity contribution in [2.24, 2.45) is 17.3 Å². The van der Waals surface area contributed by atoms with Gasteiger partial charge in [-0.3, -0.25) is 14.4 Å². The average Bonchev–Trinajstić information content (AvgIpc) is 3.15. The van der Waals surface area contributed by atoms with Gasteiger partial charge >= 0.3 is 0 Å². The highest BCUT2D eigenvalue weighted by Crippen LogP contribution is 2.56. The lowest BCUT2D eigenvalue weighted by Crippen LogP contribution is -2.59. The number of rotatable bonds is 7. The number of carbonyl (C=O) groups excluding carboxylic acids is 3. The van der Waals surface area contributed by atoms with Gasteiger partial charge in [0.25, 0.3) is 0 Å². The van der Waals surface area contributed by atoms with Gasteiger partial charge in [-0.2, -0.15) is 0 Å². The second kappa shape index (κ2) is 7.65. The van der Waals surface area contributed by atoms with Crippen molar-refractivity contribution in [3.8, 4) is 0 Å².